The number of hydrogen-bond donors (Lipinski definition) is 1. The fourth-order valence-corrected chi connectivity index (χ4v) is 2.19. The normalized spacial score (nSPS) is 10.3. The molecule has 0 spiro atoms. The molecule has 0 amide bonds. The molecule has 4 nitrogen and oxygen atoms in total. The minimum atomic E-state index is -0.416. The van der Waals surface area contributed by atoms with Crippen LogP contribution in [-0.4, -0.2) is 26.2 Å². The predicted molar refractivity (Wildman–Crippen MR) is 83.9 cm³/mol. The number of ether oxygens (including phenoxy) is 1. The molecule has 0 bridgehead atoms. The van der Waals surface area contributed by atoms with E-state index in [2.05, 4.69) is 10.3 Å². The second kappa shape index (κ2) is 6.63. The van der Waals surface area contributed by atoms with Crippen molar-refractivity contribution in [3.63, 3.8) is 0 Å². The van der Waals surface area contributed by atoms with Crippen LogP contribution in [0.25, 0.3) is 0 Å². The predicted octanol–water partition coefficient (Wildman–Crippen LogP) is 3.56. The van der Waals surface area contributed by atoms with Crippen LogP contribution in [0, 0.1) is 5.82 Å². The van der Waals surface area contributed by atoms with E-state index in [4.69, 9.17) is 16.3 Å². The molecule has 0 fully saturated rings. The lowest BCUT2D eigenvalue weighted by Crippen LogP contribution is -2.14. The van der Waals surface area contributed by atoms with Gasteiger partial charge in [-0.3, -0.25) is 0 Å². The first-order valence-corrected chi connectivity index (χ1v) is 6.79. The maximum atomic E-state index is 13.9. The van der Waals surface area contributed by atoms with Gasteiger partial charge in [0.05, 0.1) is 17.8 Å². The third-order valence-electron chi connectivity index (χ3n) is 3.06. The molecule has 2 rings (SSSR count). The SMILES string of the molecule is COc1nccc(N(C)C)c1NCc1cccc(Cl)c1F. The summed E-state index contributed by atoms with van der Waals surface area (Å²) in [5, 5.41) is 3.28. The molecule has 2 aromatic rings. The molecular weight excluding hydrogens is 293 g/mol. The highest BCUT2D eigenvalue weighted by molar-refractivity contribution is 6.30. The fourth-order valence-electron chi connectivity index (χ4n) is 2.00. The van der Waals surface area contributed by atoms with E-state index >= 15 is 0 Å². The van der Waals surface area contributed by atoms with Gasteiger partial charge < -0.3 is 15.0 Å². The van der Waals surface area contributed by atoms with Crippen LogP contribution < -0.4 is 15.0 Å². The number of nitrogens with zero attached hydrogens (tertiary/aromatic N) is 2. The van der Waals surface area contributed by atoms with Crippen molar-refractivity contribution in [3.8, 4) is 5.88 Å². The fraction of sp³-hybridized carbons (Fsp3) is 0.267. The Kier molecular flexibility index (Phi) is 4.85. The number of pyridine rings is 1. The van der Waals surface area contributed by atoms with Crippen LogP contribution in [0.1, 0.15) is 5.56 Å². The molecule has 112 valence electrons. The maximum Gasteiger partial charge on any atom is 0.239 e. The Morgan fingerprint density at radius 2 is 2.10 bits per heavy atom. The first kappa shape index (κ1) is 15.4. The standard InChI is InChI=1S/C15H17ClFN3O/c1-20(2)12-7-8-18-15(21-3)14(12)19-9-10-5-4-6-11(16)13(10)17/h4-8,19H,9H2,1-3H3. The summed E-state index contributed by atoms with van der Waals surface area (Å²) < 4.78 is 19.2. The number of aromatic nitrogens is 1. The van der Waals surface area contributed by atoms with Gasteiger partial charge in [-0.05, 0) is 12.1 Å². The van der Waals surface area contributed by atoms with Crippen molar-refractivity contribution in [2.24, 2.45) is 0 Å². The van der Waals surface area contributed by atoms with Gasteiger partial charge in [0.25, 0.3) is 0 Å². The van der Waals surface area contributed by atoms with Gasteiger partial charge in [0, 0.05) is 32.4 Å². The lowest BCUT2D eigenvalue weighted by Gasteiger charge is -2.20. The molecular formula is C15H17ClFN3O. The molecule has 0 saturated carbocycles. The van der Waals surface area contributed by atoms with Gasteiger partial charge in [-0.1, -0.05) is 23.7 Å². The number of benzene rings is 1. The van der Waals surface area contributed by atoms with E-state index in [0.29, 0.717) is 17.1 Å². The van der Waals surface area contributed by atoms with Crippen LogP contribution in [0.5, 0.6) is 5.88 Å². The highest BCUT2D eigenvalue weighted by Gasteiger charge is 2.13. The third kappa shape index (κ3) is 3.36. The zero-order valence-electron chi connectivity index (χ0n) is 12.2. The van der Waals surface area contributed by atoms with Crippen molar-refractivity contribution in [1.29, 1.82) is 0 Å². The summed E-state index contributed by atoms with van der Waals surface area (Å²) in [5.74, 6) is 0.0459. The first-order valence-electron chi connectivity index (χ1n) is 6.41. The van der Waals surface area contributed by atoms with Crippen molar-refractivity contribution in [3.05, 3.63) is 46.9 Å². The molecule has 1 N–H and O–H groups in total. The number of hydrogen-bond acceptors (Lipinski definition) is 4. The Labute approximate surface area is 128 Å². The second-order valence-corrected chi connectivity index (χ2v) is 5.08. The van der Waals surface area contributed by atoms with Crippen molar-refractivity contribution >= 4 is 23.0 Å². The molecule has 0 atom stereocenters. The Morgan fingerprint density at radius 1 is 1.33 bits per heavy atom. The molecule has 0 radical (unpaired) electrons. The number of anilines is 2. The quantitative estimate of drug-likeness (QED) is 0.916. The van der Waals surface area contributed by atoms with Gasteiger partial charge >= 0.3 is 0 Å². The van der Waals surface area contributed by atoms with Crippen LogP contribution in [0.15, 0.2) is 30.5 Å². The Hall–Kier alpha value is -2.01. The number of methoxy groups -OCH3 is 1. The average molecular weight is 310 g/mol. The van der Waals surface area contributed by atoms with Crippen LogP contribution in [-0.2, 0) is 6.54 Å². The first-order chi connectivity index (χ1) is 10.0. The molecule has 0 saturated heterocycles. The number of halogens is 2. The monoisotopic (exact) mass is 309 g/mol. The summed E-state index contributed by atoms with van der Waals surface area (Å²) in [6.07, 6.45) is 1.67. The zero-order chi connectivity index (χ0) is 15.4. The lowest BCUT2D eigenvalue weighted by molar-refractivity contribution is 0.399. The third-order valence-corrected chi connectivity index (χ3v) is 3.35. The van der Waals surface area contributed by atoms with Gasteiger partial charge in [-0.25, -0.2) is 9.37 Å². The molecule has 0 aliphatic heterocycles. The van der Waals surface area contributed by atoms with Crippen molar-refractivity contribution in [2.75, 3.05) is 31.4 Å². The van der Waals surface area contributed by atoms with E-state index < -0.39 is 5.82 Å². The molecule has 1 heterocycles. The van der Waals surface area contributed by atoms with Gasteiger partial charge in [0.2, 0.25) is 5.88 Å². The van der Waals surface area contributed by atoms with E-state index in [9.17, 15) is 4.39 Å². The maximum absolute atomic E-state index is 13.9. The largest absolute Gasteiger partial charge is 0.479 e. The lowest BCUT2D eigenvalue weighted by atomic mass is 10.2. The summed E-state index contributed by atoms with van der Waals surface area (Å²) in [4.78, 5) is 6.09. The minimum absolute atomic E-state index is 0.111. The van der Waals surface area contributed by atoms with Gasteiger partial charge in [-0.2, -0.15) is 0 Å². The summed E-state index contributed by atoms with van der Waals surface area (Å²) >= 11 is 5.79. The van der Waals surface area contributed by atoms with Crippen molar-refractivity contribution < 1.29 is 9.13 Å². The summed E-state index contributed by atoms with van der Waals surface area (Å²) in [6, 6.07) is 6.79. The summed E-state index contributed by atoms with van der Waals surface area (Å²) in [7, 11) is 5.38. The van der Waals surface area contributed by atoms with Crippen LogP contribution >= 0.6 is 11.6 Å². The minimum Gasteiger partial charge on any atom is -0.479 e. The molecule has 6 heteroatoms. The Morgan fingerprint density at radius 3 is 2.76 bits per heavy atom. The Balaban J connectivity index is 2.29. The molecule has 0 aliphatic rings. The van der Waals surface area contributed by atoms with Gasteiger partial charge in [0.15, 0.2) is 0 Å². The molecule has 0 unspecified atom stereocenters. The molecule has 0 aliphatic carbocycles. The number of nitrogens with one attached hydrogen (secondary N) is 1. The van der Waals surface area contributed by atoms with Crippen molar-refractivity contribution in [1.82, 2.24) is 4.98 Å². The highest BCUT2D eigenvalue weighted by Crippen LogP contribution is 2.32. The summed E-state index contributed by atoms with van der Waals surface area (Å²) in [5.41, 5.74) is 2.10. The second-order valence-electron chi connectivity index (χ2n) is 4.68. The van der Waals surface area contributed by atoms with E-state index in [-0.39, 0.29) is 11.6 Å². The average Bonchev–Trinajstić information content (AvgIpc) is 2.48. The molecule has 1 aromatic heterocycles. The van der Waals surface area contributed by atoms with E-state index in [1.54, 1.807) is 25.4 Å². The van der Waals surface area contributed by atoms with Gasteiger partial charge in [-0.15, -0.1) is 0 Å². The zero-order valence-corrected chi connectivity index (χ0v) is 12.9. The van der Waals surface area contributed by atoms with E-state index in [1.165, 1.54) is 6.07 Å². The van der Waals surface area contributed by atoms with Gasteiger partial charge in [0.1, 0.15) is 11.5 Å². The smallest absolute Gasteiger partial charge is 0.239 e. The van der Waals surface area contributed by atoms with E-state index in [1.807, 2.05) is 25.1 Å². The topological polar surface area (TPSA) is 37.4 Å². The Bertz CT molecular complexity index is 634. The molecule has 1 aromatic carbocycles. The van der Waals surface area contributed by atoms with Crippen LogP contribution in [0.2, 0.25) is 5.02 Å². The highest BCUT2D eigenvalue weighted by atomic mass is 35.5. The van der Waals surface area contributed by atoms with Crippen LogP contribution in [0.4, 0.5) is 15.8 Å². The number of rotatable bonds is 5. The van der Waals surface area contributed by atoms with Crippen molar-refractivity contribution in [2.45, 2.75) is 6.54 Å². The summed E-state index contributed by atoms with van der Waals surface area (Å²) in [6.45, 7) is 0.287. The van der Waals surface area contributed by atoms with E-state index in [0.717, 1.165) is 5.69 Å². The molecule has 21 heavy (non-hydrogen) atoms. The van der Waals surface area contributed by atoms with Crippen LogP contribution in [0.3, 0.4) is 0 Å².